The Labute approximate surface area is 75.6 Å². The van der Waals surface area contributed by atoms with Gasteiger partial charge in [-0.3, -0.25) is 0 Å². The molecule has 1 atom stereocenters. The number of aliphatic hydroxyl groups excluding tert-OH is 1. The predicted octanol–water partition coefficient (Wildman–Crippen LogP) is 1.35. The van der Waals surface area contributed by atoms with Crippen LogP contribution in [-0.4, -0.2) is 36.2 Å². The molecule has 72 valence electrons. The molecule has 1 unspecified atom stereocenters. The third-order valence-corrected chi connectivity index (χ3v) is 2.76. The standard InChI is InChI=1S/C10H21NO/c1-9-3-5-11(6-4-9)7-10(2)8-12/h9-10,12H,3-8H2,1-2H3. The summed E-state index contributed by atoms with van der Waals surface area (Å²) in [5, 5.41) is 8.89. The van der Waals surface area contributed by atoms with Crippen LogP contribution in [0.25, 0.3) is 0 Å². The first-order valence-electron chi connectivity index (χ1n) is 5.05. The first-order chi connectivity index (χ1) is 5.72. The van der Waals surface area contributed by atoms with Crippen molar-refractivity contribution in [2.75, 3.05) is 26.2 Å². The lowest BCUT2D eigenvalue weighted by Crippen LogP contribution is -2.36. The SMILES string of the molecule is CC1CCN(CC(C)CO)CC1. The fourth-order valence-electron chi connectivity index (χ4n) is 1.74. The van der Waals surface area contributed by atoms with Crippen LogP contribution in [0.5, 0.6) is 0 Å². The minimum absolute atomic E-state index is 0.325. The summed E-state index contributed by atoms with van der Waals surface area (Å²) in [6.45, 7) is 8.29. The van der Waals surface area contributed by atoms with Crippen molar-refractivity contribution >= 4 is 0 Å². The molecule has 0 bridgehead atoms. The number of rotatable bonds is 3. The van der Waals surface area contributed by atoms with Crippen molar-refractivity contribution < 1.29 is 5.11 Å². The van der Waals surface area contributed by atoms with E-state index in [0.29, 0.717) is 12.5 Å². The molecule has 0 spiro atoms. The van der Waals surface area contributed by atoms with Gasteiger partial charge in [-0.2, -0.15) is 0 Å². The second-order valence-electron chi connectivity index (χ2n) is 4.27. The van der Waals surface area contributed by atoms with Gasteiger partial charge in [0.25, 0.3) is 0 Å². The maximum atomic E-state index is 8.89. The van der Waals surface area contributed by atoms with Gasteiger partial charge in [0.1, 0.15) is 0 Å². The Balaban J connectivity index is 2.17. The number of hydrogen-bond donors (Lipinski definition) is 1. The predicted molar refractivity (Wildman–Crippen MR) is 51.1 cm³/mol. The second kappa shape index (κ2) is 4.83. The molecule has 1 heterocycles. The zero-order valence-corrected chi connectivity index (χ0v) is 8.29. The lowest BCUT2D eigenvalue weighted by atomic mass is 9.98. The highest BCUT2D eigenvalue weighted by Gasteiger charge is 2.16. The molecule has 1 saturated heterocycles. The van der Waals surface area contributed by atoms with Gasteiger partial charge in [0.2, 0.25) is 0 Å². The minimum Gasteiger partial charge on any atom is -0.396 e. The molecule has 0 radical (unpaired) electrons. The lowest BCUT2D eigenvalue weighted by Gasteiger charge is -2.31. The van der Waals surface area contributed by atoms with E-state index in [1.54, 1.807) is 0 Å². The largest absolute Gasteiger partial charge is 0.396 e. The van der Waals surface area contributed by atoms with Gasteiger partial charge in [0.05, 0.1) is 0 Å². The van der Waals surface area contributed by atoms with Crippen molar-refractivity contribution in [2.24, 2.45) is 11.8 Å². The molecule has 0 aromatic rings. The Morgan fingerprint density at radius 3 is 2.50 bits per heavy atom. The van der Waals surface area contributed by atoms with Crippen LogP contribution in [0.15, 0.2) is 0 Å². The minimum atomic E-state index is 0.325. The van der Waals surface area contributed by atoms with Gasteiger partial charge in [0.15, 0.2) is 0 Å². The van der Waals surface area contributed by atoms with Crippen molar-refractivity contribution in [3.63, 3.8) is 0 Å². The molecule has 2 nitrogen and oxygen atoms in total. The number of piperidine rings is 1. The van der Waals surface area contributed by atoms with Gasteiger partial charge in [-0.15, -0.1) is 0 Å². The van der Waals surface area contributed by atoms with Gasteiger partial charge in [-0.05, 0) is 37.8 Å². The van der Waals surface area contributed by atoms with Gasteiger partial charge in [-0.1, -0.05) is 13.8 Å². The van der Waals surface area contributed by atoms with Crippen molar-refractivity contribution in [1.29, 1.82) is 0 Å². The average molecular weight is 171 g/mol. The Hall–Kier alpha value is -0.0800. The Morgan fingerprint density at radius 2 is 2.00 bits per heavy atom. The fourth-order valence-corrected chi connectivity index (χ4v) is 1.74. The summed E-state index contributed by atoms with van der Waals surface area (Å²) < 4.78 is 0. The molecule has 1 rings (SSSR count). The Morgan fingerprint density at radius 1 is 1.42 bits per heavy atom. The summed E-state index contributed by atoms with van der Waals surface area (Å²) in [6.07, 6.45) is 2.66. The molecule has 0 aromatic carbocycles. The van der Waals surface area contributed by atoms with Crippen LogP contribution >= 0.6 is 0 Å². The van der Waals surface area contributed by atoms with Crippen LogP contribution in [0.1, 0.15) is 26.7 Å². The first kappa shape index (κ1) is 10.0. The second-order valence-corrected chi connectivity index (χ2v) is 4.27. The van der Waals surface area contributed by atoms with Crippen molar-refractivity contribution in [3.8, 4) is 0 Å². The van der Waals surface area contributed by atoms with Crippen LogP contribution < -0.4 is 0 Å². The third kappa shape index (κ3) is 3.11. The molecular formula is C10H21NO. The maximum absolute atomic E-state index is 8.89. The van der Waals surface area contributed by atoms with Crippen LogP contribution in [0, 0.1) is 11.8 Å². The summed E-state index contributed by atoms with van der Waals surface area (Å²) >= 11 is 0. The van der Waals surface area contributed by atoms with Gasteiger partial charge >= 0.3 is 0 Å². The van der Waals surface area contributed by atoms with Gasteiger partial charge < -0.3 is 10.0 Å². The quantitative estimate of drug-likeness (QED) is 0.693. The number of nitrogens with zero attached hydrogens (tertiary/aromatic N) is 1. The zero-order valence-electron chi connectivity index (χ0n) is 8.29. The Kier molecular flexibility index (Phi) is 4.02. The van der Waals surface area contributed by atoms with Gasteiger partial charge in [-0.25, -0.2) is 0 Å². The summed E-state index contributed by atoms with van der Waals surface area (Å²) in [7, 11) is 0. The molecule has 1 N–H and O–H groups in total. The smallest absolute Gasteiger partial charge is 0.0468 e. The van der Waals surface area contributed by atoms with E-state index in [-0.39, 0.29) is 0 Å². The molecule has 2 heteroatoms. The first-order valence-corrected chi connectivity index (χ1v) is 5.05. The normalized spacial score (nSPS) is 24.2. The molecule has 0 aromatic heterocycles. The van der Waals surface area contributed by atoms with E-state index in [1.807, 2.05) is 0 Å². The van der Waals surface area contributed by atoms with Crippen LogP contribution in [0.2, 0.25) is 0 Å². The number of likely N-dealkylation sites (tertiary alicyclic amines) is 1. The average Bonchev–Trinajstić information content (AvgIpc) is 2.09. The van der Waals surface area contributed by atoms with Gasteiger partial charge in [0, 0.05) is 13.2 Å². The van der Waals surface area contributed by atoms with Crippen LogP contribution in [-0.2, 0) is 0 Å². The summed E-state index contributed by atoms with van der Waals surface area (Å²) in [5.74, 6) is 1.35. The fraction of sp³-hybridized carbons (Fsp3) is 1.00. The van der Waals surface area contributed by atoms with Crippen molar-refractivity contribution in [2.45, 2.75) is 26.7 Å². The highest BCUT2D eigenvalue weighted by atomic mass is 16.3. The zero-order chi connectivity index (χ0) is 8.97. The number of aliphatic hydroxyl groups is 1. The monoisotopic (exact) mass is 171 g/mol. The maximum Gasteiger partial charge on any atom is 0.0468 e. The topological polar surface area (TPSA) is 23.5 Å². The molecule has 1 aliphatic rings. The third-order valence-electron chi connectivity index (χ3n) is 2.76. The summed E-state index contributed by atoms with van der Waals surface area (Å²) in [6, 6.07) is 0. The molecule has 1 aliphatic heterocycles. The van der Waals surface area contributed by atoms with Crippen LogP contribution in [0.4, 0.5) is 0 Å². The molecule has 0 saturated carbocycles. The van der Waals surface area contributed by atoms with E-state index in [0.717, 1.165) is 12.5 Å². The lowest BCUT2D eigenvalue weighted by molar-refractivity contribution is 0.139. The summed E-state index contributed by atoms with van der Waals surface area (Å²) in [5.41, 5.74) is 0. The van der Waals surface area contributed by atoms with E-state index in [4.69, 9.17) is 5.11 Å². The summed E-state index contributed by atoms with van der Waals surface area (Å²) in [4.78, 5) is 2.47. The molecular weight excluding hydrogens is 150 g/mol. The molecule has 12 heavy (non-hydrogen) atoms. The van der Waals surface area contributed by atoms with E-state index in [2.05, 4.69) is 18.7 Å². The highest BCUT2D eigenvalue weighted by Crippen LogP contribution is 2.16. The van der Waals surface area contributed by atoms with E-state index < -0.39 is 0 Å². The van der Waals surface area contributed by atoms with E-state index in [1.165, 1.54) is 25.9 Å². The van der Waals surface area contributed by atoms with Crippen molar-refractivity contribution in [1.82, 2.24) is 4.90 Å². The molecule has 1 fully saturated rings. The van der Waals surface area contributed by atoms with Crippen molar-refractivity contribution in [3.05, 3.63) is 0 Å². The highest BCUT2D eigenvalue weighted by molar-refractivity contribution is 4.70. The van der Waals surface area contributed by atoms with E-state index in [9.17, 15) is 0 Å². The Bertz CT molecular complexity index is 119. The van der Waals surface area contributed by atoms with E-state index >= 15 is 0 Å². The number of hydrogen-bond acceptors (Lipinski definition) is 2. The molecule has 0 aliphatic carbocycles. The van der Waals surface area contributed by atoms with Crippen LogP contribution in [0.3, 0.4) is 0 Å². The molecule has 0 amide bonds.